The van der Waals surface area contributed by atoms with Crippen molar-refractivity contribution in [2.75, 3.05) is 13.6 Å². The number of hydrogen-bond acceptors (Lipinski definition) is 2. The summed E-state index contributed by atoms with van der Waals surface area (Å²) >= 11 is 0. The molecule has 1 aromatic heterocycles. The number of carbonyl (C=O) groups is 1. The molecule has 3 nitrogen and oxygen atoms in total. The van der Waals surface area contributed by atoms with E-state index in [1.807, 2.05) is 24.9 Å². The minimum Gasteiger partial charge on any atom is -0.358 e. The molecule has 1 aromatic rings. The maximum absolute atomic E-state index is 11.7. The monoisotopic (exact) mass is 374 g/mol. The Hall–Kier alpha value is 0.308. The van der Waals surface area contributed by atoms with Gasteiger partial charge in [-0.2, -0.15) is 0 Å². The Morgan fingerprint density at radius 3 is 2.53 bits per heavy atom. The predicted octanol–water partition coefficient (Wildman–Crippen LogP) is 2.31. The maximum Gasteiger partial charge on any atom is 0.225 e. The molecule has 0 N–H and O–H groups in total. The third kappa shape index (κ3) is 6.08. The summed E-state index contributed by atoms with van der Waals surface area (Å²) in [6.07, 6.45) is 3.61. The smallest absolute Gasteiger partial charge is 0.225 e. The van der Waals surface area contributed by atoms with E-state index < -0.39 is 0 Å². The van der Waals surface area contributed by atoms with Crippen LogP contribution in [0, 0.1) is 27.7 Å². The fourth-order valence-corrected chi connectivity index (χ4v) is 2.08. The average molecular weight is 374 g/mol. The van der Waals surface area contributed by atoms with Gasteiger partial charge in [-0.3, -0.25) is 9.78 Å². The molecule has 0 aliphatic carbocycles. The maximum atomic E-state index is 11.7. The Morgan fingerprint density at radius 1 is 1.42 bits per heavy atom. The van der Waals surface area contributed by atoms with Gasteiger partial charge in [-0.1, -0.05) is 6.07 Å². The second-order valence-corrected chi connectivity index (χ2v) is 4.20. The van der Waals surface area contributed by atoms with Crippen molar-refractivity contribution >= 4 is 5.91 Å². The van der Waals surface area contributed by atoms with E-state index in [-0.39, 0.29) is 77.9 Å². The minimum absolute atomic E-state index is 0. The minimum atomic E-state index is 0. The van der Waals surface area contributed by atoms with Gasteiger partial charge in [-0.25, -0.2) is 0 Å². The number of likely N-dealkylation sites (tertiary alicyclic amines) is 1. The number of aryl methyl sites for hydroxylation is 1. The van der Waals surface area contributed by atoms with Crippen molar-refractivity contribution in [3.8, 4) is 0 Å². The SMILES string of the molecule is Cc1ncccc1CC1CCN(C)C1=O.[CH3-].[CH3-].[V].[Y]. The van der Waals surface area contributed by atoms with Crippen LogP contribution in [0.2, 0.25) is 0 Å². The first-order valence-corrected chi connectivity index (χ1v) is 5.34. The number of hydrogen-bond donors (Lipinski definition) is 0. The van der Waals surface area contributed by atoms with Gasteiger partial charge in [0.05, 0.1) is 0 Å². The predicted molar refractivity (Wildman–Crippen MR) is 71.3 cm³/mol. The van der Waals surface area contributed by atoms with Gasteiger partial charge in [-0.15, -0.1) is 0 Å². The molecule has 0 bridgehead atoms. The molecular weight excluding hydrogens is 352 g/mol. The molecule has 0 aromatic carbocycles. The van der Waals surface area contributed by atoms with Crippen molar-refractivity contribution < 1.29 is 56.1 Å². The average Bonchev–Trinajstić information content (AvgIpc) is 2.53. The van der Waals surface area contributed by atoms with Crippen LogP contribution in [0.5, 0.6) is 0 Å². The summed E-state index contributed by atoms with van der Waals surface area (Å²) in [5.74, 6) is 0.441. The standard InChI is InChI=1S/C12H16N2O.2CH3.V.Y/c1-9-10(4-3-6-13-9)8-11-5-7-14(2)12(11)15;;;;/h3-4,6,11H,5,7-8H2,1-2H3;2*1H3;;/q;2*-1;;. The number of aromatic nitrogens is 1. The van der Waals surface area contributed by atoms with Crippen LogP contribution >= 0.6 is 0 Å². The van der Waals surface area contributed by atoms with Crippen LogP contribution in [-0.2, 0) is 62.5 Å². The van der Waals surface area contributed by atoms with Gasteiger partial charge in [0, 0.05) is 82.7 Å². The largest absolute Gasteiger partial charge is 0.358 e. The Balaban J connectivity index is -0.000000640. The van der Waals surface area contributed by atoms with Crippen LogP contribution in [0.1, 0.15) is 17.7 Å². The zero-order chi connectivity index (χ0) is 10.8. The van der Waals surface area contributed by atoms with Gasteiger partial charge in [-0.05, 0) is 31.4 Å². The summed E-state index contributed by atoms with van der Waals surface area (Å²) in [5.41, 5.74) is 2.24. The fraction of sp³-hybridized carbons (Fsp3) is 0.429. The van der Waals surface area contributed by atoms with E-state index in [4.69, 9.17) is 0 Å². The molecule has 1 aliphatic rings. The van der Waals surface area contributed by atoms with Gasteiger partial charge in [0.25, 0.3) is 0 Å². The van der Waals surface area contributed by atoms with E-state index in [1.165, 1.54) is 5.56 Å². The molecule has 104 valence electrons. The van der Waals surface area contributed by atoms with Gasteiger partial charge in [0.1, 0.15) is 0 Å². The molecule has 1 atom stereocenters. The van der Waals surface area contributed by atoms with Crippen LogP contribution < -0.4 is 0 Å². The van der Waals surface area contributed by atoms with E-state index in [9.17, 15) is 4.79 Å². The van der Waals surface area contributed by atoms with Gasteiger partial charge in [0.15, 0.2) is 0 Å². The number of pyridine rings is 1. The van der Waals surface area contributed by atoms with Crippen molar-refractivity contribution in [3.63, 3.8) is 0 Å². The second-order valence-electron chi connectivity index (χ2n) is 4.20. The molecule has 5 heteroatoms. The first kappa shape index (κ1) is 24.3. The first-order valence-electron chi connectivity index (χ1n) is 5.34. The second kappa shape index (κ2) is 11.0. The topological polar surface area (TPSA) is 33.2 Å². The summed E-state index contributed by atoms with van der Waals surface area (Å²) in [5, 5.41) is 0. The number of nitrogens with zero attached hydrogens (tertiary/aromatic N) is 2. The molecule has 2 rings (SSSR count). The van der Waals surface area contributed by atoms with E-state index in [0.29, 0.717) is 0 Å². The van der Waals surface area contributed by atoms with Gasteiger partial charge < -0.3 is 19.8 Å². The normalized spacial score (nSPS) is 16.6. The van der Waals surface area contributed by atoms with Crippen molar-refractivity contribution in [1.29, 1.82) is 0 Å². The molecule has 1 amide bonds. The molecule has 1 unspecified atom stereocenters. The summed E-state index contributed by atoms with van der Waals surface area (Å²) in [6.45, 7) is 2.89. The Labute approximate surface area is 154 Å². The number of rotatable bonds is 2. The summed E-state index contributed by atoms with van der Waals surface area (Å²) in [6, 6.07) is 4.00. The van der Waals surface area contributed by atoms with E-state index in [0.717, 1.165) is 25.1 Å². The first-order chi connectivity index (χ1) is 7.18. The number of carbonyl (C=O) groups excluding carboxylic acids is 1. The van der Waals surface area contributed by atoms with Crippen LogP contribution in [0.25, 0.3) is 0 Å². The van der Waals surface area contributed by atoms with Crippen molar-refractivity contribution in [2.24, 2.45) is 5.92 Å². The summed E-state index contributed by atoms with van der Waals surface area (Å²) in [4.78, 5) is 17.8. The molecule has 1 aliphatic heterocycles. The van der Waals surface area contributed by atoms with Gasteiger partial charge in [0.2, 0.25) is 5.91 Å². The molecule has 0 saturated carbocycles. The molecule has 2 radical (unpaired) electrons. The Bertz CT molecular complexity index is 387. The number of amides is 1. The zero-order valence-corrected chi connectivity index (χ0v) is 16.5. The van der Waals surface area contributed by atoms with Crippen LogP contribution in [0.15, 0.2) is 18.3 Å². The summed E-state index contributed by atoms with van der Waals surface area (Å²) in [7, 11) is 1.87. The van der Waals surface area contributed by atoms with Crippen molar-refractivity contribution in [2.45, 2.75) is 19.8 Å². The molecule has 1 fully saturated rings. The van der Waals surface area contributed by atoms with E-state index >= 15 is 0 Å². The zero-order valence-electron chi connectivity index (χ0n) is 12.3. The van der Waals surface area contributed by atoms with Crippen LogP contribution in [-0.4, -0.2) is 29.4 Å². The molecule has 1 saturated heterocycles. The van der Waals surface area contributed by atoms with Crippen molar-refractivity contribution in [1.82, 2.24) is 9.88 Å². The fourth-order valence-electron chi connectivity index (χ4n) is 2.08. The third-order valence-corrected chi connectivity index (χ3v) is 3.12. The van der Waals surface area contributed by atoms with Crippen molar-refractivity contribution in [3.05, 3.63) is 44.4 Å². The van der Waals surface area contributed by atoms with Crippen LogP contribution in [0.3, 0.4) is 0 Å². The van der Waals surface area contributed by atoms with Crippen LogP contribution in [0.4, 0.5) is 0 Å². The molecule has 19 heavy (non-hydrogen) atoms. The summed E-state index contributed by atoms with van der Waals surface area (Å²) < 4.78 is 0. The molecule has 0 spiro atoms. The van der Waals surface area contributed by atoms with E-state index in [2.05, 4.69) is 11.1 Å². The van der Waals surface area contributed by atoms with Gasteiger partial charge >= 0.3 is 0 Å². The molecule has 2 heterocycles. The quantitative estimate of drug-likeness (QED) is 0.745. The molecular formula is C14H22N2OVY-2. The Kier molecular flexibility index (Phi) is 14.1. The Morgan fingerprint density at radius 2 is 2.05 bits per heavy atom. The van der Waals surface area contributed by atoms with E-state index in [1.54, 1.807) is 6.20 Å². The third-order valence-electron chi connectivity index (χ3n) is 3.12.